The van der Waals surface area contributed by atoms with Crippen molar-refractivity contribution in [1.82, 2.24) is 9.88 Å². The van der Waals surface area contributed by atoms with Gasteiger partial charge in [0.05, 0.1) is 17.1 Å². The fraction of sp³-hybridized carbons (Fsp3) is 0.647. The molecule has 2 aliphatic heterocycles. The summed E-state index contributed by atoms with van der Waals surface area (Å²) in [6.45, 7) is 2.94. The summed E-state index contributed by atoms with van der Waals surface area (Å²) in [5.41, 5.74) is 0.597. The summed E-state index contributed by atoms with van der Waals surface area (Å²) in [6, 6.07) is 3.79. The highest BCUT2D eigenvalue weighted by molar-refractivity contribution is 7.91. The lowest BCUT2D eigenvalue weighted by molar-refractivity contribution is 0.0607. The molecule has 24 heavy (non-hydrogen) atoms. The van der Waals surface area contributed by atoms with Crippen LogP contribution in [0.15, 0.2) is 18.3 Å². The Morgan fingerprint density at radius 2 is 2.17 bits per heavy atom. The summed E-state index contributed by atoms with van der Waals surface area (Å²) >= 11 is 0. The molecule has 0 saturated carbocycles. The van der Waals surface area contributed by atoms with E-state index in [2.05, 4.69) is 17.2 Å². The third-order valence-electron chi connectivity index (χ3n) is 4.95. The van der Waals surface area contributed by atoms with Crippen molar-refractivity contribution in [3.8, 4) is 0 Å². The van der Waals surface area contributed by atoms with Crippen molar-refractivity contribution in [2.45, 2.75) is 51.1 Å². The largest absolute Gasteiger partial charge is 0.366 e. The monoisotopic (exact) mass is 351 g/mol. The van der Waals surface area contributed by atoms with Crippen LogP contribution in [0.1, 0.15) is 49.4 Å². The molecular formula is C17H25N3O3S. The van der Waals surface area contributed by atoms with Gasteiger partial charge in [0.25, 0.3) is 5.91 Å². The van der Waals surface area contributed by atoms with E-state index in [0.717, 1.165) is 25.8 Å². The van der Waals surface area contributed by atoms with E-state index < -0.39 is 9.84 Å². The topological polar surface area (TPSA) is 79.4 Å². The number of hydrogen-bond donors (Lipinski definition) is 1. The number of carbonyl (C=O) groups is 1. The normalized spacial score (nSPS) is 26.3. The molecule has 2 saturated heterocycles. The van der Waals surface area contributed by atoms with Crippen LogP contribution >= 0.6 is 0 Å². The van der Waals surface area contributed by atoms with Crippen LogP contribution in [-0.2, 0) is 9.84 Å². The standard InChI is InChI=1S/C17H25N3O3S/c1-2-15-5-3-4-9-20(15)17(21)13-6-7-16(18-11-13)19-14-8-10-24(22,23)12-14/h6-7,11,14-15H,2-5,8-10,12H2,1H3,(H,18,19). The minimum absolute atomic E-state index is 0.0454. The second-order valence-corrected chi connectivity index (χ2v) is 8.96. The first kappa shape index (κ1) is 17.2. The first-order chi connectivity index (χ1) is 11.5. The molecule has 3 rings (SSSR count). The molecule has 1 aromatic rings. The van der Waals surface area contributed by atoms with E-state index in [-0.39, 0.29) is 23.5 Å². The predicted octanol–water partition coefficient (Wildman–Crippen LogP) is 2.09. The second-order valence-electron chi connectivity index (χ2n) is 6.73. The Hall–Kier alpha value is -1.63. The molecule has 132 valence electrons. The molecule has 3 heterocycles. The number of likely N-dealkylation sites (tertiary alicyclic amines) is 1. The lowest BCUT2D eigenvalue weighted by Crippen LogP contribution is -2.43. The fourth-order valence-corrected chi connectivity index (χ4v) is 5.26. The molecular weight excluding hydrogens is 326 g/mol. The number of aromatic nitrogens is 1. The summed E-state index contributed by atoms with van der Waals surface area (Å²) in [5, 5.41) is 3.15. The van der Waals surface area contributed by atoms with Gasteiger partial charge in [0, 0.05) is 24.8 Å². The van der Waals surface area contributed by atoms with Crippen molar-refractivity contribution in [2.75, 3.05) is 23.4 Å². The molecule has 2 aliphatic rings. The van der Waals surface area contributed by atoms with E-state index in [9.17, 15) is 13.2 Å². The Morgan fingerprint density at radius 1 is 1.33 bits per heavy atom. The summed E-state index contributed by atoms with van der Waals surface area (Å²) in [7, 11) is -2.91. The number of sulfone groups is 1. The number of amides is 1. The zero-order valence-electron chi connectivity index (χ0n) is 14.1. The van der Waals surface area contributed by atoms with Gasteiger partial charge in [-0.25, -0.2) is 13.4 Å². The predicted molar refractivity (Wildman–Crippen MR) is 93.9 cm³/mol. The minimum atomic E-state index is -2.91. The number of nitrogens with zero attached hydrogens (tertiary/aromatic N) is 2. The third kappa shape index (κ3) is 3.88. The van der Waals surface area contributed by atoms with Crippen molar-refractivity contribution in [3.63, 3.8) is 0 Å². The van der Waals surface area contributed by atoms with Crippen molar-refractivity contribution < 1.29 is 13.2 Å². The quantitative estimate of drug-likeness (QED) is 0.898. The molecule has 0 spiro atoms. The van der Waals surface area contributed by atoms with Crippen LogP contribution in [0.3, 0.4) is 0 Å². The van der Waals surface area contributed by atoms with Crippen LogP contribution in [0.4, 0.5) is 5.82 Å². The minimum Gasteiger partial charge on any atom is -0.366 e. The zero-order valence-corrected chi connectivity index (χ0v) is 14.9. The van der Waals surface area contributed by atoms with Gasteiger partial charge in [-0.15, -0.1) is 0 Å². The smallest absolute Gasteiger partial charge is 0.255 e. The summed E-state index contributed by atoms with van der Waals surface area (Å²) in [6.07, 6.45) is 6.51. The number of carbonyl (C=O) groups excluding carboxylic acids is 1. The van der Waals surface area contributed by atoms with E-state index in [1.807, 2.05) is 4.90 Å². The lowest BCUT2D eigenvalue weighted by atomic mass is 9.99. The molecule has 1 amide bonds. The molecule has 0 aliphatic carbocycles. The number of pyridine rings is 1. The first-order valence-corrected chi connectivity index (χ1v) is 10.5. The SMILES string of the molecule is CCC1CCCCN1C(=O)c1ccc(NC2CCS(=O)(=O)C2)nc1. The Bertz CT molecular complexity index is 688. The van der Waals surface area contributed by atoms with Gasteiger partial charge in [-0.1, -0.05) is 6.92 Å². The number of piperidine rings is 1. The maximum absolute atomic E-state index is 12.7. The molecule has 2 fully saturated rings. The highest BCUT2D eigenvalue weighted by atomic mass is 32.2. The van der Waals surface area contributed by atoms with Gasteiger partial charge < -0.3 is 10.2 Å². The van der Waals surface area contributed by atoms with Gasteiger partial charge in [0.2, 0.25) is 0 Å². The Balaban J connectivity index is 1.64. The first-order valence-electron chi connectivity index (χ1n) is 8.72. The number of rotatable bonds is 4. The Labute approximate surface area is 143 Å². The van der Waals surface area contributed by atoms with Crippen LogP contribution in [0.2, 0.25) is 0 Å². The van der Waals surface area contributed by atoms with Crippen LogP contribution < -0.4 is 5.32 Å². The van der Waals surface area contributed by atoms with Crippen molar-refractivity contribution >= 4 is 21.6 Å². The highest BCUT2D eigenvalue weighted by Crippen LogP contribution is 2.22. The van der Waals surface area contributed by atoms with Gasteiger partial charge in [-0.3, -0.25) is 4.79 Å². The molecule has 0 bridgehead atoms. The maximum Gasteiger partial charge on any atom is 0.255 e. The summed E-state index contributed by atoms with van der Waals surface area (Å²) < 4.78 is 23.0. The van der Waals surface area contributed by atoms with Gasteiger partial charge in [0.1, 0.15) is 5.82 Å². The van der Waals surface area contributed by atoms with Crippen LogP contribution in [0.5, 0.6) is 0 Å². The molecule has 2 unspecified atom stereocenters. The average Bonchev–Trinajstić information content (AvgIpc) is 2.93. The van der Waals surface area contributed by atoms with E-state index in [0.29, 0.717) is 23.8 Å². The van der Waals surface area contributed by atoms with Gasteiger partial charge >= 0.3 is 0 Å². The van der Waals surface area contributed by atoms with Crippen LogP contribution in [-0.4, -0.2) is 54.3 Å². The number of hydrogen-bond acceptors (Lipinski definition) is 5. The van der Waals surface area contributed by atoms with Gasteiger partial charge in [0.15, 0.2) is 9.84 Å². The molecule has 0 radical (unpaired) electrons. The van der Waals surface area contributed by atoms with E-state index in [4.69, 9.17) is 0 Å². The molecule has 2 atom stereocenters. The average molecular weight is 351 g/mol. The lowest BCUT2D eigenvalue weighted by Gasteiger charge is -2.35. The summed E-state index contributed by atoms with van der Waals surface area (Å²) in [4.78, 5) is 19.0. The maximum atomic E-state index is 12.7. The second kappa shape index (κ2) is 7.09. The van der Waals surface area contributed by atoms with Gasteiger partial charge in [-0.05, 0) is 44.2 Å². The van der Waals surface area contributed by atoms with Crippen molar-refractivity contribution in [1.29, 1.82) is 0 Å². The Morgan fingerprint density at radius 3 is 2.79 bits per heavy atom. The Kier molecular flexibility index (Phi) is 5.08. The number of anilines is 1. The highest BCUT2D eigenvalue weighted by Gasteiger charge is 2.28. The molecule has 1 N–H and O–H groups in total. The fourth-order valence-electron chi connectivity index (χ4n) is 3.58. The van der Waals surface area contributed by atoms with Crippen LogP contribution in [0.25, 0.3) is 0 Å². The third-order valence-corrected chi connectivity index (χ3v) is 6.72. The van der Waals surface area contributed by atoms with E-state index in [1.54, 1.807) is 18.3 Å². The van der Waals surface area contributed by atoms with E-state index in [1.165, 1.54) is 6.42 Å². The number of nitrogens with one attached hydrogen (secondary N) is 1. The van der Waals surface area contributed by atoms with E-state index >= 15 is 0 Å². The molecule has 6 nitrogen and oxygen atoms in total. The molecule has 0 aromatic carbocycles. The zero-order chi connectivity index (χ0) is 17.2. The molecule has 1 aromatic heterocycles. The summed E-state index contributed by atoms with van der Waals surface area (Å²) in [5.74, 6) is 1.05. The van der Waals surface area contributed by atoms with Crippen LogP contribution in [0, 0.1) is 0 Å². The molecule has 7 heteroatoms. The van der Waals surface area contributed by atoms with Crippen molar-refractivity contribution in [2.24, 2.45) is 0 Å². The van der Waals surface area contributed by atoms with Crippen molar-refractivity contribution in [3.05, 3.63) is 23.9 Å². The van der Waals surface area contributed by atoms with Gasteiger partial charge in [-0.2, -0.15) is 0 Å².